The first-order chi connectivity index (χ1) is 7.62. The SMILES string of the molecule is COc1cc(C)cc(OC)c1CC(O)CO. The van der Waals surface area contributed by atoms with E-state index in [2.05, 4.69) is 0 Å². The van der Waals surface area contributed by atoms with E-state index in [9.17, 15) is 5.11 Å². The van der Waals surface area contributed by atoms with Crippen molar-refractivity contribution in [1.82, 2.24) is 0 Å². The maximum absolute atomic E-state index is 9.46. The number of hydrogen-bond donors (Lipinski definition) is 2. The lowest BCUT2D eigenvalue weighted by Gasteiger charge is -2.16. The highest BCUT2D eigenvalue weighted by molar-refractivity contribution is 5.48. The number of ether oxygens (including phenoxy) is 2. The monoisotopic (exact) mass is 226 g/mol. The van der Waals surface area contributed by atoms with Gasteiger partial charge in [-0.3, -0.25) is 0 Å². The van der Waals surface area contributed by atoms with Crippen LogP contribution in [0.1, 0.15) is 11.1 Å². The van der Waals surface area contributed by atoms with E-state index in [0.29, 0.717) is 17.9 Å². The molecular formula is C12H18O4. The van der Waals surface area contributed by atoms with E-state index in [4.69, 9.17) is 14.6 Å². The first kappa shape index (κ1) is 12.8. The van der Waals surface area contributed by atoms with Crippen LogP contribution in [0, 0.1) is 6.92 Å². The number of benzene rings is 1. The number of aliphatic hydroxyl groups is 2. The van der Waals surface area contributed by atoms with Gasteiger partial charge >= 0.3 is 0 Å². The molecule has 0 saturated carbocycles. The van der Waals surface area contributed by atoms with Crippen molar-refractivity contribution >= 4 is 0 Å². The maximum atomic E-state index is 9.46. The van der Waals surface area contributed by atoms with E-state index >= 15 is 0 Å². The first-order valence-electron chi connectivity index (χ1n) is 5.12. The topological polar surface area (TPSA) is 58.9 Å². The van der Waals surface area contributed by atoms with E-state index in [1.54, 1.807) is 14.2 Å². The van der Waals surface area contributed by atoms with Gasteiger partial charge < -0.3 is 19.7 Å². The minimum Gasteiger partial charge on any atom is -0.496 e. The molecule has 0 saturated heterocycles. The number of rotatable bonds is 5. The maximum Gasteiger partial charge on any atom is 0.126 e. The van der Waals surface area contributed by atoms with Gasteiger partial charge in [0.05, 0.1) is 26.9 Å². The Kier molecular flexibility index (Phi) is 4.58. The van der Waals surface area contributed by atoms with Gasteiger partial charge in [-0.05, 0) is 24.6 Å². The van der Waals surface area contributed by atoms with Crippen LogP contribution < -0.4 is 9.47 Å². The normalized spacial score (nSPS) is 12.3. The van der Waals surface area contributed by atoms with Crippen LogP contribution >= 0.6 is 0 Å². The molecule has 4 nitrogen and oxygen atoms in total. The molecule has 0 aliphatic carbocycles. The van der Waals surface area contributed by atoms with Crippen LogP contribution in [-0.4, -0.2) is 37.1 Å². The van der Waals surface area contributed by atoms with Crippen molar-refractivity contribution in [3.63, 3.8) is 0 Å². The zero-order valence-corrected chi connectivity index (χ0v) is 9.86. The third-order valence-electron chi connectivity index (χ3n) is 2.40. The molecule has 0 radical (unpaired) electrons. The Morgan fingerprint density at radius 2 is 1.69 bits per heavy atom. The Hall–Kier alpha value is -1.26. The molecule has 1 atom stereocenters. The lowest BCUT2D eigenvalue weighted by atomic mass is 10.0. The molecule has 1 aromatic carbocycles. The van der Waals surface area contributed by atoms with Gasteiger partial charge in [0.1, 0.15) is 11.5 Å². The summed E-state index contributed by atoms with van der Waals surface area (Å²) in [5, 5.41) is 18.3. The lowest BCUT2D eigenvalue weighted by molar-refractivity contribution is 0.0944. The molecule has 0 spiro atoms. The molecule has 0 aromatic heterocycles. The number of hydrogen-bond acceptors (Lipinski definition) is 4. The highest BCUT2D eigenvalue weighted by atomic mass is 16.5. The molecule has 0 aliphatic heterocycles. The summed E-state index contributed by atoms with van der Waals surface area (Å²) in [5.41, 5.74) is 1.80. The van der Waals surface area contributed by atoms with Crippen LogP contribution in [0.5, 0.6) is 11.5 Å². The largest absolute Gasteiger partial charge is 0.496 e. The Labute approximate surface area is 95.4 Å². The molecule has 2 N–H and O–H groups in total. The number of methoxy groups -OCH3 is 2. The lowest BCUT2D eigenvalue weighted by Crippen LogP contribution is -2.16. The van der Waals surface area contributed by atoms with E-state index < -0.39 is 6.10 Å². The molecule has 0 bridgehead atoms. The van der Waals surface area contributed by atoms with Crippen molar-refractivity contribution in [2.75, 3.05) is 20.8 Å². The Balaban J connectivity index is 3.11. The Bertz CT molecular complexity index is 324. The average Bonchev–Trinajstić information content (AvgIpc) is 2.30. The standard InChI is InChI=1S/C12H18O4/c1-8-4-11(15-2)10(6-9(14)7-13)12(5-8)16-3/h4-5,9,13-14H,6-7H2,1-3H3. The second-order valence-electron chi connectivity index (χ2n) is 3.69. The molecule has 16 heavy (non-hydrogen) atoms. The van der Waals surface area contributed by atoms with Crippen LogP contribution in [0.25, 0.3) is 0 Å². The van der Waals surface area contributed by atoms with Crippen molar-refractivity contribution < 1.29 is 19.7 Å². The smallest absolute Gasteiger partial charge is 0.126 e. The second-order valence-corrected chi connectivity index (χ2v) is 3.69. The number of aryl methyl sites for hydroxylation is 1. The quantitative estimate of drug-likeness (QED) is 0.783. The summed E-state index contributed by atoms with van der Waals surface area (Å²) in [5.74, 6) is 1.34. The fourth-order valence-electron chi connectivity index (χ4n) is 1.62. The van der Waals surface area contributed by atoms with Crippen LogP contribution in [0.15, 0.2) is 12.1 Å². The molecule has 1 rings (SSSR count). The van der Waals surface area contributed by atoms with Crippen molar-refractivity contribution in [1.29, 1.82) is 0 Å². The zero-order valence-electron chi connectivity index (χ0n) is 9.86. The van der Waals surface area contributed by atoms with Crippen LogP contribution in [-0.2, 0) is 6.42 Å². The van der Waals surface area contributed by atoms with Crippen molar-refractivity contribution in [3.8, 4) is 11.5 Å². The van der Waals surface area contributed by atoms with Gasteiger partial charge in [-0.1, -0.05) is 0 Å². The van der Waals surface area contributed by atoms with E-state index in [1.165, 1.54) is 0 Å². The summed E-state index contributed by atoms with van der Waals surface area (Å²) >= 11 is 0. The molecule has 90 valence electrons. The molecule has 0 aliphatic rings. The molecule has 0 fully saturated rings. The fourth-order valence-corrected chi connectivity index (χ4v) is 1.62. The summed E-state index contributed by atoms with van der Waals surface area (Å²) in [6, 6.07) is 3.75. The van der Waals surface area contributed by atoms with Gasteiger partial charge in [-0.25, -0.2) is 0 Å². The third-order valence-corrected chi connectivity index (χ3v) is 2.40. The van der Waals surface area contributed by atoms with Gasteiger partial charge in [0.25, 0.3) is 0 Å². The highest BCUT2D eigenvalue weighted by Crippen LogP contribution is 2.31. The Morgan fingerprint density at radius 1 is 1.19 bits per heavy atom. The van der Waals surface area contributed by atoms with E-state index in [1.807, 2.05) is 19.1 Å². The fraction of sp³-hybridized carbons (Fsp3) is 0.500. The summed E-state index contributed by atoms with van der Waals surface area (Å²) in [7, 11) is 3.14. The van der Waals surface area contributed by atoms with Gasteiger partial charge in [-0.2, -0.15) is 0 Å². The molecule has 1 aromatic rings. The van der Waals surface area contributed by atoms with Gasteiger partial charge in [0, 0.05) is 12.0 Å². The molecule has 1 unspecified atom stereocenters. The van der Waals surface area contributed by atoms with Crippen LogP contribution in [0.4, 0.5) is 0 Å². The highest BCUT2D eigenvalue weighted by Gasteiger charge is 2.15. The van der Waals surface area contributed by atoms with Gasteiger partial charge in [0.2, 0.25) is 0 Å². The van der Waals surface area contributed by atoms with Crippen molar-refractivity contribution in [3.05, 3.63) is 23.3 Å². The second kappa shape index (κ2) is 5.72. The molecule has 0 amide bonds. The van der Waals surface area contributed by atoms with E-state index in [0.717, 1.165) is 11.1 Å². The van der Waals surface area contributed by atoms with Gasteiger partial charge in [-0.15, -0.1) is 0 Å². The minimum absolute atomic E-state index is 0.278. The summed E-state index contributed by atoms with van der Waals surface area (Å²) in [6.45, 7) is 1.66. The predicted molar refractivity (Wildman–Crippen MR) is 61.1 cm³/mol. The van der Waals surface area contributed by atoms with Gasteiger partial charge in [0.15, 0.2) is 0 Å². The third kappa shape index (κ3) is 2.87. The van der Waals surface area contributed by atoms with E-state index in [-0.39, 0.29) is 6.61 Å². The van der Waals surface area contributed by atoms with Crippen molar-refractivity contribution in [2.24, 2.45) is 0 Å². The summed E-state index contributed by atoms with van der Waals surface area (Å²) < 4.78 is 10.5. The number of aliphatic hydroxyl groups excluding tert-OH is 2. The van der Waals surface area contributed by atoms with Crippen molar-refractivity contribution in [2.45, 2.75) is 19.4 Å². The predicted octanol–water partition coefficient (Wildman–Crippen LogP) is 0.908. The molecule has 0 heterocycles. The average molecular weight is 226 g/mol. The van der Waals surface area contributed by atoms with Crippen LogP contribution in [0.3, 0.4) is 0 Å². The summed E-state index contributed by atoms with van der Waals surface area (Å²) in [4.78, 5) is 0. The first-order valence-corrected chi connectivity index (χ1v) is 5.12. The summed E-state index contributed by atoms with van der Waals surface area (Å²) in [6.07, 6.45) is -0.492. The Morgan fingerprint density at radius 3 is 2.06 bits per heavy atom. The molecule has 4 heteroatoms. The van der Waals surface area contributed by atoms with Crippen LogP contribution in [0.2, 0.25) is 0 Å². The minimum atomic E-state index is -0.800. The zero-order chi connectivity index (χ0) is 12.1. The molecular weight excluding hydrogens is 208 g/mol.